The molecular formula is C18H16FNO4. The molecule has 6 heteroatoms. The Morgan fingerprint density at radius 3 is 2.62 bits per heavy atom. The van der Waals surface area contributed by atoms with Gasteiger partial charge >= 0.3 is 5.97 Å². The molecule has 0 radical (unpaired) electrons. The molecule has 0 bridgehead atoms. The lowest BCUT2D eigenvalue weighted by molar-refractivity contribution is -0.141. The summed E-state index contributed by atoms with van der Waals surface area (Å²) in [5, 5.41) is 9.01. The molecule has 1 fully saturated rings. The highest BCUT2D eigenvalue weighted by molar-refractivity contribution is 5.99. The fraction of sp³-hybridized carbons (Fsp3) is 0.222. The lowest BCUT2D eigenvalue weighted by Crippen LogP contribution is -2.25. The number of anilines is 1. The fourth-order valence-corrected chi connectivity index (χ4v) is 2.64. The van der Waals surface area contributed by atoms with Gasteiger partial charge in [-0.2, -0.15) is 0 Å². The van der Waals surface area contributed by atoms with Crippen molar-refractivity contribution in [2.75, 3.05) is 11.4 Å². The van der Waals surface area contributed by atoms with Gasteiger partial charge in [0.05, 0.1) is 5.92 Å². The SMILES string of the molecule is O=C(O)C1CC(=O)N(c2ccc(OCc3cccc(F)c3)cc2)C1. The zero-order valence-electron chi connectivity index (χ0n) is 12.8. The molecule has 5 nitrogen and oxygen atoms in total. The molecule has 3 rings (SSSR count). The van der Waals surface area contributed by atoms with E-state index >= 15 is 0 Å². The Kier molecular flexibility index (Phi) is 4.46. The third-order valence-electron chi connectivity index (χ3n) is 3.92. The number of carbonyl (C=O) groups excluding carboxylic acids is 1. The Morgan fingerprint density at radius 1 is 1.25 bits per heavy atom. The first-order chi connectivity index (χ1) is 11.5. The van der Waals surface area contributed by atoms with E-state index in [1.807, 2.05) is 0 Å². The molecule has 1 unspecified atom stereocenters. The van der Waals surface area contributed by atoms with Crippen LogP contribution in [0.4, 0.5) is 10.1 Å². The maximum absolute atomic E-state index is 13.1. The van der Waals surface area contributed by atoms with Gasteiger partial charge in [0.1, 0.15) is 18.2 Å². The summed E-state index contributed by atoms with van der Waals surface area (Å²) in [6.07, 6.45) is 0.0210. The van der Waals surface area contributed by atoms with Gasteiger partial charge in [0, 0.05) is 18.7 Å². The Labute approximate surface area is 138 Å². The molecule has 1 saturated heterocycles. The van der Waals surface area contributed by atoms with Gasteiger partial charge in [-0.1, -0.05) is 12.1 Å². The van der Waals surface area contributed by atoms with E-state index in [9.17, 15) is 14.0 Å². The Hall–Kier alpha value is -2.89. The van der Waals surface area contributed by atoms with Crippen LogP contribution >= 0.6 is 0 Å². The van der Waals surface area contributed by atoms with E-state index in [0.717, 1.165) is 5.56 Å². The highest BCUT2D eigenvalue weighted by Crippen LogP contribution is 2.27. The van der Waals surface area contributed by atoms with E-state index in [1.54, 1.807) is 36.4 Å². The molecule has 1 aliphatic heterocycles. The number of rotatable bonds is 5. The number of benzene rings is 2. The van der Waals surface area contributed by atoms with Gasteiger partial charge in [0.25, 0.3) is 0 Å². The number of hydrogen-bond acceptors (Lipinski definition) is 3. The van der Waals surface area contributed by atoms with E-state index in [0.29, 0.717) is 11.4 Å². The predicted octanol–water partition coefficient (Wildman–Crippen LogP) is 2.84. The quantitative estimate of drug-likeness (QED) is 0.916. The van der Waals surface area contributed by atoms with Crippen LogP contribution in [-0.4, -0.2) is 23.5 Å². The summed E-state index contributed by atoms with van der Waals surface area (Å²) in [5.74, 6) is -1.55. The average molecular weight is 329 g/mol. The molecule has 0 saturated carbocycles. The molecule has 2 aromatic carbocycles. The van der Waals surface area contributed by atoms with Crippen LogP contribution in [0.15, 0.2) is 48.5 Å². The number of aliphatic carboxylic acids is 1. The molecule has 1 atom stereocenters. The van der Waals surface area contributed by atoms with Crippen molar-refractivity contribution in [3.63, 3.8) is 0 Å². The normalized spacial score (nSPS) is 17.1. The Bertz CT molecular complexity index is 760. The lowest BCUT2D eigenvalue weighted by atomic mass is 10.1. The van der Waals surface area contributed by atoms with Crippen LogP contribution in [0.2, 0.25) is 0 Å². The van der Waals surface area contributed by atoms with Gasteiger partial charge in [0.2, 0.25) is 5.91 Å². The summed E-state index contributed by atoms with van der Waals surface area (Å²) in [5.41, 5.74) is 1.36. The average Bonchev–Trinajstić information content (AvgIpc) is 2.96. The predicted molar refractivity (Wildman–Crippen MR) is 85.3 cm³/mol. The summed E-state index contributed by atoms with van der Waals surface area (Å²) in [6.45, 7) is 0.415. The molecule has 124 valence electrons. The number of carboxylic acids is 1. The number of carbonyl (C=O) groups is 2. The Balaban J connectivity index is 1.63. The van der Waals surface area contributed by atoms with Crippen LogP contribution in [0.5, 0.6) is 5.75 Å². The minimum atomic E-state index is -0.958. The van der Waals surface area contributed by atoms with Crippen LogP contribution < -0.4 is 9.64 Å². The Morgan fingerprint density at radius 2 is 2.00 bits per heavy atom. The van der Waals surface area contributed by atoms with Crippen LogP contribution in [-0.2, 0) is 16.2 Å². The topological polar surface area (TPSA) is 66.8 Å². The second-order valence-corrected chi connectivity index (χ2v) is 5.66. The minimum Gasteiger partial charge on any atom is -0.489 e. The van der Waals surface area contributed by atoms with Crippen LogP contribution in [0.3, 0.4) is 0 Å². The first-order valence-corrected chi connectivity index (χ1v) is 7.53. The van der Waals surface area contributed by atoms with Crippen molar-refractivity contribution in [2.24, 2.45) is 5.92 Å². The van der Waals surface area contributed by atoms with Crippen molar-refractivity contribution in [1.82, 2.24) is 0 Å². The summed E-state index contributed by atoms with van der Waals surface area (Å²) >= 11 is 0. The van der Waals surface area contributed by atoms with E-state index in [4.69, 9.17) is 9.84 Å². The molecule has 2 aromatic rings. The van der Waals surface area contributed by atoms with Crippen molar-refractivity contribution >= 4 is 17.6 Å². The molecule has 0 spiro atoms. The van der Waals surface area contributed by atoms with Crippen molar-refractivity contribution < 1.29 is 23.8 Å². The molecule has 1 N–H and O–H groups in total. The van der Waals surface area contributed by atoms with Gasteiger partial charge in [-0.3, -0.25) is 9.59 Å². The molecule has 1 aliphatic rings. The minimum absolute atomic E-state index is 0.0210. The molecule has 1 amide bonds. The van der Waals surface area contributed by atoms with Gasteiger partial charge in [-0.05, 0) is 42.0 Å². The standard InChI is InChI=1S/C18H16FNO4/c19-14-3-1-2-12(8-14)11-24-16-6-4-15(5-7-16)20-10-13(18(22)23)9-17(20)21/h1-8,13H,9-11H2,(H,22,23). The van der Waals surface area contributed by atoms with Gasteiger partial charge in [-0.25, -0.2) is 4.39 Å². The zero-order chi connectivity index (χ0) is 17.1. The van der Waals surface area contributed by atoms with Crippen LogP contribution in [0, 0.1) is 11.7 Å². The maximum atomic E-state index is 13.1. The number of carboxylic acid groups (broad SMARTS) is 1. The van der Waals surface area contributed by atoms with Crippen molar-refractivity contribution in [2.45, 2.75) is 13.0 Å². The monoisotopic (exact) mass is 329 g/mol. The molecule has 0 aliphatic carbocycles. The first kappa shape index (κ1) is 16.0. The van der Waals surface area contributed by atoms with Gasteiger partial charge < -0.3 is 14.7 Å². The molecular weight excluding hydrogens is 313 g/mol. The number of ether oxygens (including phenoxy) is 1. The van der Waals surface area contributed by atoms with E-state index in [-0.39, 0.29) is 31.3 Å². The zero-order valence-corrected chi connectivity index (χ0v) is 12.8. The van der Waals surface area contributed by atoms with Gasteiger partial charge in [0.15, 0.2) is 0 Å². The lowest BCUT2D eigenvalue weighted by Gasteiger charge is -2.16. The number of amides is 1. The third-order valence-corrected chi connectivity index (χ3v) is 3.92. The maximum Gasteiger partial charge on any atom is 0.308 e. The number of hydrogen-bond donors (Lipinski definition) is 1. The van der Waals surface area contributed by atoms with E-state index in [2.05, 4.69) is 0 Å². The van der Waals surface area contributed by atoms with E-state index in [1.165, 1.54) is 17.0 Å². The van der Waals surface area contributed by atoms with Crippen LogP contribution in [0.1, 0.15) is 12.0 Å². The highest BCUT2D eigenvalue weighted by atomic mass is 19.1. The fourth-order valence-electron chi connectivity index (χ4n) is 2.64. The second-order valence-electron chi connectivity index (χ2n) is 5.66. The summed E-state index contributed by atoms with van der Waals surface area (Å²) in [6, 6.07) is 13.0. The number of halogens is 1. The second kappa shape index (κ2) is 6.70. The van der Waals surface area contributed by atoms with Gasteiger partial charge in [-0.15, -0.1) is 0 Å². The number of nitrogens with zero attached hydrogens (tertiary/aromatic N) is 1. The smallest absolute Gasteiger partial charge is 0.308 e. The molecule has 1 heterocycles. The summed E-state index contributed by atoms with van der Waals surface area (Å²) < 4.78 is 18.7. The largest absolute Gasteiger partial charge is 0.489 e. The first-order valence-electron chi connectivity index (χ1n) is 7.53. The van der Waals surface area contributed by atoms with Crippen LogP contribution in [0.25, 0.3) is 0 Å². The summed E-state index contributed by atoms with van der Waals surface area (Å²) in [7, 11) is 0. The third kappa shape index (κ3) is 3.53. The molecule has 24 heavy (non-hydrogen) atoms. The van der Waals surface area contributed by atoms with Crippen molar-refractivity contribution in [1.29, 1.82) is 0 Å². The van der Waals surface area contributed by atoms with Crippen molar-refractivity contribution in [3.05, 3.63) is 59.9 Å². The summed E-state index contributed by atoms with van der Waals surface area (Å²) in [4.78, 5) is 24.4. The van der Waals surface area contributed by atoms with E-state index < -0.39 is 11.9 Å². The van der Waals surface area contributed by atoms with Crippen molar-refractivity contribution in [3.8, 4) is 5.75 Å². The molecule has 0 aromatic heterocycles. The highest BCUT2D eigenvalue weighted by Gasteiger charge is 2.34.